The van der Waals surface area contributed by atoms with Crippen molar-refractivity contribution in [1.82, 2.24) is 0 Å². The zero-order valence-corrected chi connectivity index (χ0v) is 19.8. The van der Waals surface area contributed by atoms with E-state index in [-0.39, 0.29) is 24.6 Å². The molecule has 0 fully saturated rings. The Morgan fingerprint density at radius 1 is 1.00 bits per heavy atom. The van der Waals surface area contributed by atoms with E-state index in [0.717, 1.165) is 21.2 Å². The van der Waals surface area contributed by atoms with Gasteiger partial charge >= 0.3 is 5.97 Å². The molecule has 0 aliphatic heterocycles. The Labute approximate surface area is 208 Å². The van der Waals surface area contributed by atoms with E-state index in [1.807, 2.05) is 25.1 Å². The number of hydrogen-bond acceptors (Lipinski definition) is 4. The minimum atomic E-state index is -0.987. The Morgan fingerprint density at radius 2 is 1.75 bits per heavy atom. The third-order valence-corrected chi connectivity index (χ3v) is 5.64. The van der Waals surface area contributed by atoms with Crippen LogP contribution in [0, 0.1) is 11.0 Å². The van der Waals surface area contributed by atoms with Crippen LogP contribution in [0.25, 0.3) is 17.0 Å². The molecule has 1 N–H and O–H groups in total. The lowest BCUT2D eigenvalue weighted by Gasteiger charge is -2.13. The quantitative estimate of drug-likeness (QED) is 0.168. The number of aromatic nitrogens is 1. The molecule has 0 atom stereocenters. The predicted molar refractivity (Wildman–Crippen MR) is 135 cm³/mol. The van der Waals surface area contributed by atoms with Crippen molar-refractivity contribution in [2.24, 2.45) is 0 Å². The predicted octanol–water partition coefficient (Wildman–Crippen LogP) is 6.04. The number of carboxylic acids is 1. The third-order valence-electron chi connectivity index (χ3n) is 5.64. The number of pyridine rings is 1. The normalized spacial score (nSPS) is 11.4. The van der Waals surface area contributed by atoms with Gasteiger partial charge in [0.2, 0.25) is 5.52 Å². The Kier molecular flexibility index (Phi) is 7.80. The van der Waals surface area contributed by atoms with E-state index in [4.69, 9.17) is 9.47 Å². The van der Waals surface area contributed by atoms with Gasteiger partial charge in [0.1, 0.15) is 30.5 Å². The maximum absolute atomic E-state index is 13.2. The highest BCUT2D eigenvalue weighted by Crippen LogP contribution is 2.29. The zero-order chi connectivity index (χ0) is 25.5. The van der Waals surface area contributed by atoms with Gasteiger partial charge in [-0.3, -0.25) is 0 Å². The highest BCUT2D eigenvalue weighted by Gasteiger charge is 2.12. The molecule has 0 saturated carbocycles. The van der Waals surface area contributed by atoms with Gasteiger partial charge in [-0.2, -0.15) is 4.73 Å². The van der Waals surface area contributed by atoms with Crippen molar-refractivity contribution in [3.8, 4) is 11.5 Å². The van der Waals surface area contributed by atoms with E-state index in [1.165, 1.54) is 18.3 Å². The minimum absolute atomic E-state index is 0.203. The van der Waals surface area contributed by atoms with E-state index in [1.54, 1.807) is 48.5 Å². The van der Waals surface area contributed by atoms with E-state index in [9.17, 15) is 19.5 Å². The molecule has 0 radical (unpaired) electrons. The Bertz CT molecular complexity index is 1400. The van der Waals surface area contributed by atoms with Crippen LogP contribution < -0.4 is 14.2 Å². The lowest BCUT2D eigenvalue weighted by atomic mass is 10.1. The summed E-state index contributed by atoms with van der Waals surface area (Å²) in [5, 5.41) is 22.3. The summed E-state index contributed by atoms with van der Waals surface area (Å²) in [5.74, 6) is -0.275. The molecule has 4 rings (SSSR count). The van der Waals surface area contributed by atoms with Crippen LogP contribution in [0.15, 0.2) is 84.6 Å². The van der Waals surface area contributed by atoms with Crippen molar-refractivity contribution in [1.29, 1.82) is 0 Å². The van der Waals surface area contributed by atoms with Crippen LogP contribution in [-0.4, -0.2) is 11.1 Å². The van der Waals surface area contributed by atoms with Gasteiger partial charge < -0.3 is 19.8 Å². The molecule has 36 heavy (non-hydrogen) atoms. The molecular formula is C29H26FNO5. The molecule has 0 aliphatic carbocycles. The lowest BCUT2D eigenvalue weighted by molar-refractivity contribution is -0.577. The van der Waals surface area contributed by atoms with Gasteiger partial charge in [0, 0.05) is 28.7 Å². The van der Waals surface area contributed by atoms with Crippen LogP contribution in [0.5, 0.6) is 11.5 Å². The van der Waals surface area contributed by atoms with Crippen molar-refractivity contribution in [3.05, 3.63) is 112 Å². The first-order valence-corrected chi connectivity index (χ1v) is 11.6. The summed E-state index contributed by atoms with van der Waals surface area (Å²) >= 11 is 0. The van der Waals surface area contributed by atoms with Gasteiger partial charge in [-0.1, -0.05) is 25.5 Å². The molecule has 3 aromatic carbocycles. The summed E-state index contributed by atoms with van der Waals surface area (Å²) in [7, 11) is 0. The summed E-state index contributed by atoms with van der Waals surface area (Å²) < 4.78 is 26.0. The second kappa shape index (κ2) is 11.4. The van der Waals surface area contributed by atoms with Crippen LogP contribution >= 0.6 is 0 Å². The number of nitrogens with zero attached hydrogens (tertiary/aromatic N) is 1. The SMILES string of the molecule is CCC/C(=C\c1cc(OCc2ccc3c(ccc[n+]3[O-])c2)ccc1OCc1ccc(F)cc1)C(=O)O. The Morgan fingerprint density at radius 3 is 2.50 bits per heavy atom. The summed E-state index contributed by atoms with van der Waals surface area (Å²) in [6, 6.07) is 20.3. The molecular weight excluding hydrogens is 461 g/mol. The Balaban J connectivity index is 1.57. The highest BCUT2D eigenvalue weighted by molar-refractivity contribution is 5.92. The third kappa shape index (κ3) is 6.18. The average Bonchev–Trinajstić information content (AvgIpc) is 2.87. The number of fused-ring (bicyclic) bond motifs is 1. The average molecular weight is 488 g/mol. The molecule has 0 amide bonds. The van der Waals surface area contributed by atoms with E-state index < -0.39 is 5.97 Å². The number of rotatable bonds is 10. The van der Waals surface area contributed by atoms with Gasteiger partial charge in [-0.15, -0.1) is 0 Å². The fourth-order valence-electron chi connectivity index (χ4n) is 3.80. The summed E-state index contributed by atoms with van der Waals surface area (Å²) in [4.78, 5) is 11.7. The molecule has 4 aromatic rings. The van der Waals surface area contributed by atoms with E-state index in [0.29, 0.717) is 35.4 Å². The Hall–Kier alpha value is -4.39. The smallest absolute Gasteiger partial charge is 0.331 e. The fourth-order valence-corrected chi connectivity index (χ4v) is 3.80. The molecule has 6 nitrogen and oxygen atoms in total. The molecule has 0 unspecified atom stereocenters. The fraction of sp³-hybridized carbons (Fsp3) is 0.172. The number of halogens is 1. The van der Waals surface area contributed by atoms with Crippen molar-refractivity contribution >= 4 is 22.9 Å². The summed E-state index contributed by atoms with van der Waals surface area (Å²) in [6.45, 7) is 2.39. The first-order chi connectivity index (χ1) is 17.4. The van der Waals surface area contributed by atoms with Crippen molar-refractivity contribution in [3.63, 3.8) is 0 Å². The van der Waals surface area contributed by atoms with Crippen LogP contribution in [-0.2, 0) is 18.0 Å². The maximum atomic E-state index is 13.2. The standard InChI is InChI=1S/C29H26FNO5/c1-2-4-23(29(32)33)16-24-17-26(11-13-28(24)36-18-20-6-9-25(30)10-7-20)35-19-21-8-12-27-22(15-21)5-3-14-31(27)34/h3,5-17H,2,4,18-19H2,1H3,(H,32,33)/b23-16+. The number of aliphatic carboxylic acids is 1. The zero-order valence-electron chi connectivity index (χ0n) is 19.8. The van der Waals surface area contributed by atoms with Crippen LogP contribution in [0.1, 0.15) is 36.5 Å². The largest absolute Gasteiger partial charge is 0.618 e. The van der Waals surface area contributed by atoms with Gasteiger partial charge in [0.05, 0.1) is 0 Å². The number of carboxylic acid groups (broad SMARTS) is 1. The van der Waals surface area contributed by atoms with Crippen molar-refractivity contribution in [2.45, 2.75) is 33.0 Å². The molecule has 0 bridgehead atoms. The van der Waals surface area contributed by atoms with Gasteiger partial charge in [0.25, 0.3) is 0 Å². The van der Waals surface area contributed by atoms with E-state index >= 15 is 0 Å². The van der Waals surface area contributed by atoms with E-state index in [2.05, 4.69) is 0 Å². The lowest BCUT2D eigenvalue weighted by Crippen LogP contribution is -2.25. The second-order valence-electron chi connectivity index (χ2n) is 8.36. The van der Waals surface area contributed by atoms with Crippen LogP contribution in [0.3, 0.4) is 0 Å². The maximum Gasteiger partial charge on any atom is 0.331 e. The first kappa shape index (κ1) is 24.7. The minimum Gasteiger partial charge on any atom is -0.618 e. The first-order valence-electron chi connectivity index (χ1n) is 11.6. The molecule has 7 heteroatoms. The van der Waals surface area contributed by atoms with Gasteiger partial charge in [-0.05, 0) is 72.2 Å². The molecule has 184 valence electrons. The van der Waals surface area contributed by atoms with Crippen molar-refractivity contribution < 1.29 is 28.5 Å². The molecule has 0 spiro atoms. The molecule has 0 saturated heterocycles. The number of carbonyl (C=O) groups is 1. The van der Waals surface area contributed by atoms with Gasteiger partial charge in [-0.25, -0.2) is 9.18 Å². The summed E-state index contributed by atoms with van der Waals surface area (Å²) in [6.07, 6.45) is 4.15. The van der Waals surface area contributed by atoms with Crippen molar-refractivity contribution in [2.75, 3.05) is 0 Å². The topological polar surface area (TPSA) is 82.7 Å². The highest BCUT2D eigenvalue weighted by atomic mass is 19.1. The second-order valence-corrected chi connectivity index (χ2v) is 8.36. The molecule has 1 aromatic heterocycles. The number of benzene rings is 3. The van der Waals surface area contributed by atoms with Crippen LogP contribution in [0.2, 0.25) is 0 Å². The number of hydrogen-bond donors (Lipinski definition) is 1. The monoisotopic (exact) mass is 487 g/mol. The summed E-state index contributed by atoms with van der Waals surface area (Å²) in [5.41, 5.74) is 3.09. The number of ether oxygens (including phenoxy) is 2. The molecule has 1 heterocycles. The van der Waals surface area contributed by atoms with Crippen LogP contribution in [0.4, 0.5) is 4.39 Å². The molecule has 0 aliphatic rings. The van der Waals surface area contributed by atoms with Gasteiger partial charge in [0.15, 0.2) is 6.20 Å².